The van der Waals surface area contributed by atoms with E-state index in [2.05, 4.69) is 56.6 Å². The van der Waals surface area contributed by atoms with Crippen LogP contribution >= 0.6 is 12.2 Å². The summed E-state index contributed by atoms with van der Waals surface area (Å²) >= 11 is 5.73. The van der Waals surface area contributed by atoms with Crippen LogP contribution in [0.2, 0.25) is 0 Å². The minimum Gasteiger partial charge on any atom is -0.358 e. The second-order valence-electron chi connectivity index (χ2n) is 6.17. The molecule has 126 valence electrons. The fourth-order valence-electron chi connectivity index (χ4n) is 3.34. The molecule has 1 aromatic heterocycles. The molecule has 0 saturated carbocycles. The summed E-state index contributed by atoms with van der Waals surface area (Å²) in [4.78, 5) is 10.1. The average molecular weight is 348 g/mol. The normalized spacial score (nSPS) is 16.3. The first-order valence-corrected chi connectivity index (χ1v) is 8.89. The Morgan fingerprint density at radius 3 is 2.60 bits per heavy atom. The van der Waals surface area contributed by atoms with Gasteiger partial charge in [-0.1, -0.05) is 60.7 Å². The van der Waals surface area contributed by atoms with Crippen molar-refractivity contribution in [2.24, 2.45) is 0 Å². The van der Waals surface area contributed by atoms with Gasteiger partial charge < -0.3 is 15.2 Å². The third kappa shape index (κ3) is 3.28. The van der Waals surface area contributed by atoms with Gasteiger partial charge in [-0.3, -0.25) is 0 Å². The lowest BCUT2D eigenvalue weighted by atomic mass is 9.96. The van der Waals surface area contributed by atoms with Crippen LogP contribution in [0.5, 0.6) is 0 Å². The van der Waals surface area contributed by atoms with Gasteiger partial charge in [0, 0.05) is 25.2 Å². The number of nitrogens with zero attached hydrogens (tertiary/aromatic N) is 2. The minimum atomic E-state index is 0.0481. The molecule has 1 aliphatic heterocycles. The van der Waals surface area contributed by atoms with Gasteiger partial charge >= 0.3 is 0 Å². The van der Waals surface area contributed by atoms with Crippen LogP contribution in [-0.4, -0.2) is 26.5 Å². The molecule has 1 atom stereocenters. The number of benzene rings is 2. The van der Waals surface area contributed by atoms with E-state index in [-0.39, 0.29) is 6.04 Å². The van der Waals surface area contributed by atoms with Crippen LogP contribution in [0.1, 0.15) is 28.6 Å². The topological polar surface area (TPSA) is 44.0 Å². The standard InChI is InChI=1S/C20H20N4S/c25-20(21-13-15-7-3-1-4-8-15)24-12-11-17-18(23-14-22-17)19(24)16-9-5-2-6-10-16/h1-10,14,19H,11-13H2,(H,21,25)(H,22,23). The lowest BCUT2D eigenvalue weighted by Crippen LogP contribution is -2.45. The number of hydrogen-bond donors (Lipinski definition) is 2. The predicted octanol–water partition coefficient (Wildman–Crippen LogP) is 3.43. The largest absolute Gasteiger partial charge is 0.358 e. The zero-order chi connectivity index (χ0) is 17.1. The van der Waals surface area contributed by atoms with Crippen molar-refractivity contribution in [1.82, 2.24) is 20.2 Å². The molecule has 0 spiro atoms. The van der Waals surface area contributed by atoms with E-state index in [4.69, 9.17) is 12.2 Å². The first kappa shape index (κ1) is 15.8. The van der Waals surface area contributed by atoms with E-state index >= 15 is 0 Å². The van der Waals surface area contributed by atoms with Gasteiger partial charge in [0.2, 0.25) is 0 Å². The molecule has 0 fully saturated rings. The van der Waals surface area contributed by atoms with Crippen LogP contribution in [0.4, 0.5) is 0 Å². The fraction of sp³-hybridized carbons (Fsp3) is 0.200. The third-order valence-corrected chi connectivity index (χ3v) is 4.97. The Morgan fingerprint density at radius 2 is 1.84 bits per heavy atom. The molecular weight excluding hydrogens is 328 g/mol. The maximum absolute atomic E-state index is 5.73. The van der Waals surface area contributed by atoms with E-state index in [1.54, 1.807) is 6.33 Å². The Balaban J connectivity index is 1.58. The summed E-state index contributed by atoms with van der Waals surface area (Å²) < 4.78 is 0. The minimum absolute atomic E-state index is 0.0481. The van der Waals surface area contributed by atoms with Crippen molar-refractivity contribution in [3.8, 4) is 0 Å². The molecule has 4 nitrogen and oxygen atoms in total. The number of rotatable bonds is 3. The molecule has 2 aromatic carbocycles. The molecule has 0 amide bonds. The molecule has 0 radical (unpaired) electrons. The van der Waals surface area contributed by atoms with E-state index in [0.29, 0.717) is 0 Å². The lowest BCUT2D eigenvalue weighted by molar-refractivity contribution is 0.327. The Labute approximate surface area is 152 Å². The summed E-state index contributed by atoms with van der Waals surface area (Å²) in [7, 11) is 0. The zero-order valence-electron chi connectivity index (χ0n) is 13.9. The monoisotopic (exact) mass is 348 g/mol. The van der Waals surface area contributed by atoms with Gasteiger partial charge in [-0.25, -0.2) is 4.98 Å². The summed E-state index contributed by atoms with van der Waals surface area (Å²) in [5.41, 5.74) is 4.70. The average Bonchev–Trinajstić information content (AvgIpc) is 3.15. The van der Waals surface area contributed by atoms with Gasteiger partial charge in [0.15, 0.2) is 5.11 Å². The van der Waals surface area contributed by atoms with E-state index in [9.17, 15) is 0 Å². The number of nitrogens with one attached hydrogen (secondary N) is 2. The van der Waals surface area contributed by atoms with E-state index in [0.717, 1.165) is 30.3 Å². The van der Waals surface area contributed by atoms with Crippen LogP contribution in [0, 0.1) is 0 Å². The molecule has 0 bridgehead atoms. The van der Waals surface area contributed by atoms with E-state index in [1.807, 2.05) is 24.3 Å². The van der Waals surface area contributed by atoms with Gasteiger partial charge in [-0.15, -0.1) is 0 Å². The van der Waals surface area contributed by atoms with Crippen molar-refractivity contribution in [1.29, 1.82) is 0 Å². The molecule has 1 aliphatic rings. The number of aromatic amines is 1. The number of fused-ring (bicyclic) bond motifs is 1. The maximum Gasteiger partial charge on any atom is 0.170 e. The first-order valence-electron chi connectivity index (χ1n) is 8.48. The Kier molecular flexibility index (Phi) is 4.48. The maximum atomic E-state index is 5.73. The number of H-pyrrole nitrogens is 1. The van der Waals surface area contributed by atoms with Gasteiger partial charge in [-0.2, -0.15) is 0 Å². The smallest absolute Gasteiger partial charge is 0.170 e. The van der Waals surface area contributed by atoms with Gasteiger partial charge in [0.1, 0.15) is 6.04 Å². The van der Waals surface area contributed by atoms with Crippen molar-refractivity contribution < 1.29 is 0 Å². The lowest BCUT2D eigenvalue weighted by Gasteiger charge is -2.37. The summed E-state index contributed by atoms with van der Waals surface area (Å²) in [5.74, 6) is 0. The Morgan fingerprint density at radius 1 is 1.12 bits per heavy atom. The van der Waals surface area contributed by atoms with Crippen molar-refractivity contribution in [3.05, 3.63) is 89.5 Å². The fourth-order valence-corrected chi connectivity index (χ4v) is 3.61. The van der Waals surface area contributed by atoms with Crippen molar-refractivity contribution in [2.45, 2.75) is 19.0 Å². The summed E-state index contributed by atoms with van der Waals surface area (Å²) in [6.07, 6.45) is 2.70. The zero-order valence-corrected chi connectivity index (χ0v) is 14.7. The summed E-state index contributed by atoms with van der Waals surface area (Å²) in [6, 6.07) is 20.8. The summed E-state index contributed by atoms with van der Waals surface area (Å²) in [5, 5.41) is 4.18. The second kappa shape index (κ2) is 7.07. The molecule has 1 unspecified atom stereocenters. The number of aromatic nitrogens is 2. The summed E-state index contributed by atoms with van der Waals surface area (Å²) in [6.45, 7) is 1.60. The highest BCUT2D eigenvalue weighted by Crippen LogP contribution is 2.33. The van der Waals surface area contributed by atoms with Crippen LogP contribution < -0.4 is 5.32 Å². The molecule has 0 saturated heterocycles. The highest BCUT2D eigenvalue weighted by Gasteiger charge is 2.32. The highest BCUT2D eigenvalue weighted by atomic mass is 32.1. The van der Waals surface area contributed by atoms with Crippen LogP contribution in [0.3, 0.4) is 0 Å². The molecule has 2 N–H and O–H groups in total. The van der Waals surface area contributed by atoms with E-state index < -0.39 is 0 Å². The third-order valence-electron chi connectivity index (χ3n) is 4.59. The van der Waals surface area contributed by atoms with Crippen molar-refractivity contribution >= 4 is 17.3 Å². The van der Waals surface area contributed by atoms with Crippen LogP contribution in [0.25, 0.3) is 0 Å². The number of hydrogen-bond acceptors (Lipinski definition) is 2. The second-order valence-corrected chi connectivity index (χ2v) is 6.55. The highest BCUT2D eigenvalue weighted by molar-refractivity contribution is 7.80. The molecule has 3 aromatic rings. The van der Waals surface area contributed by atoms with Gasteiger partial charge in [0.05, 0.1) is 12.0 Å². The molecule has 4 rings (SSSR count). The molecule has 25 heavy (non-hydrogen) atoms. The van der Waals surface area contributed by atoms with Gasteiger partial charge in [0.25, 0.3) is 0 Å². The molecular formula is C20H20N4S. The molecule has 0 aliphatic carbocycles. The van der Waals surface area contributed by atoms with Crippen LogP contribution in [-0.2, 0) is 13.0 Å². The quantitative estimate of drug-likeness (QED) is 0.712. The SMILES string of the molecule is S=C(NCc1ccccc1)N1CCc2[nH]cnc2C1c1ccccc1. The first-order chi connectivity index (χ1) is 12.3. The molecule has 2 heterocycles. The van der Waals surface area contributed by atoms with Crippen molar-refractivity contribution in [3.63, 3.8) is 0 Å². The number of imidazole rings is 1. The van der Waals surface area contributed by atoms with Gasteiger partial charge in [-0.05, 0) is 23.3 Å². The molecule has 5 heteroatoms. The van der Waals surface area contributed by atoms with Crippen LogP contribution in [0.15, 0.2) is 67.0 Å². The number of thiocarbonyl (C=S) groups is 1. The Bertz CT molecular complexity index is 844. The Hall–Kier alpha value is -2.66. The van der Waals surface area contributed by atoms with E-state index in [1.165, 1.54) is 16.8 Å². The predicted molar refractivity (Wildman–Crippen MR) is 103 cm³/mol. The van der Waals surface area contributed by atoms with Crippen molar-refractivity contribution in [2.75, 3.05) is 6.54 Å².